The van der Waals surface area contributed by atoms with E-state index in [2.05, 4.69) is 9.88 Å². The Morgan fingerprint density at radius 3 is 2.37 bits per heavy atom. The molecule has 1 aromatic carbocycles. The second kappa shape index (κ2) is 12.8. The van der Waals surface area contributed by atoms with Gasteiger partial charge in [-0.05, 0) is 92.1 Å². The zero-order valence-electron chi connectivity index (χ0n) is 24.2. The van der Waals surface area contributed by atoms with Crippen molar-refractivity contribution in [2.75, 3.05) is 51.3 Å². The molecule has 0 radical (unpaired) electrons. The number of alkyl halides is 5. The van der Waals surface area contributed by atoms with Crippen molar-refractivity contribution < 1.29 is 41.3 Å². The molecule has 2 saturated heterocycles. The third-order valence-electron chi connectivity index (χ3n) is 9.14. The van der Waals surface area contributed by atoms with Gasteiger partial charge in [0.25, 0.3) is 0 Å². The Morgan fingerprint density at radius 2 is 1.72 bits per heavy atom. The Labute approximate surface area is 248 Å². The van der Waals surface area contributed by atoms with Gasteiger partial charge in [0.1, 0.15) is 5.75 Å². The third-order valence-corrected chi connectivity index (χ3v) is 9.14. The molecule has 3 aliphatic rings. The number of benzene rings is 1. The summed E-state index contributed by atoms with van der Waals surface area (Å²) in [6, 6.07) is 7.74. The van der Waals surface area contributed by atoms with E-state index in [1.165, 1.54) is 4.90 Å². The standard InChI is InChI=1S/C31H38F5N3O4/c1-42-24-4-5-25(21-8-10-38(11-9-21)19-30(32,33)31(34,35)36)27(15-24)39-12-6-20(7-13-39)18-43-28-16-26-22(14-29(40)41)2-3-23(26)17-37-28/h4-5,15-17,20-22H,2-3,6-14,18-19H2,1H3,(H,40,41). The first-order valence-electron chi connectivity index (χ1n) is 14.9. The molecule has 43 heavy (non-hydrogen) atoms. The largest absolute Gasteiger partial charge is 0.497 e. The second-order valence-electron chi connectivity index (χ2n) is 12.0. The summed E-state index contributed by atoms with van der Waals surface area (Å²) in [6.07, 6.45) is 0.760. The van der Waals surface area contributed by atoms with Crippen molar-refractivity contribution in [1.29, 1.82) is 0 Å². The minimum atomic E-state index is -5.55. The molecule has 0 saturated carbocycles. The average Bonchev–Trinajstić information content (AvgIpc) is 3.37. The molecule has 7 nitrogen and oxygen atoms in total. The van der Waals surface area contributed by atoms with Crippen LogP contribution in [-0.2, 0) is 11.2 Å². The number of carboxylic acids is 1. The molecule has 5 rings (SSSR count). The van der Waals surface area contributed by atoms with Gasteiger partial charge in [0.05, 0.1) is 26.7 Å². The fraction of sp³-hybridized carbons (Fsp3) is 0.613. The van der Waals surface area contributed by atoms with Crippen molar-refractivity contribution in [1.82, 2.24) is 9.88 Å². The maximum absolute atomic E-state index is 13.6. The number of halogens is 5. The van der Waals surface area contributed by atoms with Crippen LogP contribution >= 0.6 is 0 Å². The number of pyridine rings is 1. The molecule has 3 heterocycles. The van der Waals surface area contributed by atoms with E-state index in [9.17, 15) is 31.9 Å². The average molecular weight is 612 g/mol. The number of aromatic nitrogens is 1. The zero-order chi connectivity index (χ0) is 30.8. The Balaban J connectivity index is 1.17. The SMILES string of the molecule is COc1ccc(C2CCN(CC(F)(F)C(F)(F)F)CC2)c(N2CCC(COc3cc4c(cn3)CCC4CC(=O)O)CC2)c1. The Bertz CT molecular complexity index is 1270. The number of carbonyl (C=O) groups is 1. The van der Waals surface area contributed by atoms with Crippen molar-refractivity contribution in [3.8, 4) is 11.6 Å². The smallest absolute Gasteiger partial charge is 0.454 e. The first-order chi connectivity index (χ1) is 20.4. The van der Waals surface area contributed by atoms with Gasteiger partial charge in [0, 0.05) is 37.1 Å². The third kappa shape index (κ3) is 7.33. The maximum atomic E-state index is 13.6. The fourth-order valence-corrected chi connectivity index (χ4v) is 6.64. The van der Waals surface area contributed by atoms with E-state index in [1.807, 2.05) is 24.3 Å². The van der Waals surface area contributed by atoms with Crippen molar-refractivity contribution in [2.24, 2.45) is 5.92 Å². The van der Waals surface area contributed by atoms with Crippen LogP contribution in [0.4, 0.5) is 27.6 Å². The van der Waals surface area contributed by atoms with Crippen LogP contribution in [0.3, 0.4) is 0 Å². The molecule has 0 amide bonds. The molecule has 2 fully saturated rings. The molecule has 0 bridgehead atoms. The van der Waals surface area contributed by atoms with Crippen molar-refractivity contribution in [3.63, 3.8) is 0 Å². The van der Waals surface area contributed by atoms with E-state index in [-0.39, 0.29) is 31.3 Å². The van der Waals surface area contributed by atoms with E-state index in [0.29, 0.717) is 37.0 Å². The van der Waals surface area contributed by atoms with Crippen LogP contribution < -0.4 is 14.4 Å². The number of ether oxygens (including phenoxy) is 2. The van der Waals surface area contributed by atoms with Gasteiger partial charge in [-0.3, -0.25) is 9.69 Å². The number of methoxy groups -OCH3 is 1. The van der Waals surface area contributed by atoms with Crippen molar-refractivity contribution in [2.45, 2.75) is 68.9 Å². The highest BCUT2D eigenvalue weighted by molar-refractivity contribution is 5.68. The number of nitrogens with zero attached hydrogens (tertiary/aromatic N) is 3. The van der Waals surface area contributed by atoms with E-state index >= 15 is 0 Å². The molecule has 2 aliphatic heterocycles. The van der Waals surface area contributed by atoms with Gasteiger partial charge in [-0.25, -0.2) is 4.98 Å². The van der Waals surface area contributed by atoms with Crippen LogP contribution in [0.15, 0.2) is 30.5 Å². The van der Waals surface area contributed by atoms with Crippen LogP contribution in [-0.4, -0.2) is 79.5 Å². The Morgan fingerprint density at radius 1 is 1.00 bits per heavy atom. The molecule has 1 aliphatic carbocycles. The van der Waals surface area contributed by atoms with Gasteiger partial charge in [-0.2, -0.15) is 22.0 Å². The van der Waals surface area contributed by atoms with Crippen LogP contribution in [0.5, 0.6) is 11.6 Å². The molecule has 2 aromatic rings. The highest BCUT2D eigenvalue weighted by atomic mass is 19.4. The first kappa shape index (κ1) is 31.3. The van der Waals surface area contributed by atoms with Crippen LogP contribution in [0, 0.1) is 5.92 Å². The monoisotopic (exact) mass is 611 g/mol. The summed E-state index contributed by atoms with van der Waals surface area (Å²) in [5.41, 5.74) is 4.19. The van der Waals surface area contributed by atoms with E-state index in [4.69, 9.17) is 9.47 Å². The van der Waals surface area contributed by atoms with Gasteiger partial charge in [-0.15, -0.1) is 0 Å². The summed E-state index contributed by atoms with van der Waals surface area (Å²) in [7, 11) is 1.60. The normalized spacial score (nSPS) is 20.7. The summed E-state index contributed by atoms with van der Waals surface area (Å²) in [5.74, 6) is -3.95. The minimum Gasteiger partial charge on any atom is -0.497 e. The van der Waals surface area contributed by atoms with Crippen LogP contribution in [0.2, 0.25) is 0 Å². The summed E-state index contributed by atoms with van der Waals surface area (Å²) in [4.78, 5) is 19.2. The van der Waals surface area contributed by atoms with Crippen molar-refractivity contribution >= 4 is 11.7 Å². The second-order valence-corrected chi connectivity index (χ2v) is 12.0. The van der Waals surface area contributed by atoms with Gasteiger partial charge in [0.2, 0.25) is 5.88 Å². The van der Waals surface area contributed by atoms with Crippen LogP contribution in [0.1, 0.15) is 67.1 Å². The molecule has 0 spiro atoms. The number of likely N-dealkylation sites (tertiary alicyclic amines) is 1. The molecule has 1 atom stereocenters. The van der Waals surface area contributed by atoms with Gasteiger partial charge in [0.15, 0.2) is 0 Å². The molecule has 12 heteroatoms. The molecule has 1 unspecified atom stereocenters. The number of carboxylic acid groups (broad SMARTS) is 1. The Hall–Kier alpha value is -3.15. The van der Waals surface area contributed by atoms with E-state index in [1.54, 1.807) is 13.3 Å². The van der Waals surface area contributed by atoms with Crippen molar-refractivity contribution in [3.05, 3.63) is 47.2 Å². The Kier molecular flexibility index (Phi) is 9.34. The van der Waals surface area contributed by atoms with Gasteiger partial charge < -0.3 is 19.5 Å². The summed E-state index contributed by atoms with van der Waals surface area (Å²) in [5, 5.41) is 9.22. The molecule has 1 N–H and O–H groups in total. The summed E-state index contributed by atoms with van der Waals surface area (Å²) < 4.78 is 76.8. The number of hydrogen-bond acceptors (Lipinski definition) is 6. The van der Waals surface area contributed by atoms with Gasteiger partial charge in [-0.1, -0.05) is 6.07 Å². The molecular formula is C31H38F5N3O4. The lowest BCUT2D eigenvalue weighted by atomic mass is 9.87. The number of fused-ring (bicyclic) bond motifs is 1. The zero-order valence-corrected chi connectivity index (χ0v) is 24.2. The topological polar surface area (TPSA) is 75.1 Å². The predicted octanol–water partition coefficient (Wildman–Crippen LogP) is 6.27. The number of aliphatic carboxylic acids is 1. The number of rotatable bonds is 10. The molecule has 236 valence electrons. The van der Waals surface area contributed by atoms with E-state index < -0.39 is 24.6 Å². The lowest BCUT2D eigenvalue weighted by molar-refractivity contribution is -0.287. The summed E-state index contributed by atoms with van der Waals surface area (Å²) >= 11 is 0. The highest BCUT2D eigenvalue weighted by Gasteiger charge is 2.58. The minimum absolute atomic E-state index is 0.00813. The predicted molar refractivity (Wildman–Crippen MR) is 150 cm³/mol. The number of piperidine rings is 2. The first-order valence-corrected chi connectivity index (χ1v) is 14.9. The fourth-order valence-electron chi connectivity index (χ4n) is 6.64. The lowest BCUT2D eigenvalue weighted by Crippen LogP contribution is -2.49. The van der Waals surface area contributed by atoms with Crippen LogP contribution in [0.25, 0.3) is 0 Å². The maximum Gasteiger partial charge on any atom is 0.454 e. The number of hydrogen-bond donors (Lipinski definition) is 1. The lowest BCUT2D eigenvalue weighted by Gasteiger charge is -2.38. The van der Waals surface area contributed by atoms with Gasteiger partial charge >= 0.3 is 18.1 Å². The summed E-state index contributed by atoms with van der Waals surface area (Å²) in [6.45, 7) is 1.11. The highest BCUT2D eigenvalue weighted by Crippen LogP contribution is 2.41. The molecular weight excluding hydrogens is 573 g/mol. The quantitative estimate of drug-likeness (QED) is 0.318. The molecule has 1 aromatic heterocycles. The number of anilines is 1. The van der Waals surface area contributed by atoms with E-state index in [0.717, 1.165) is 61.2 Å². The number of aryl methyl sites for hydroxylation is 1.